The molecular formula is C15H22N2O3. The first-order valence-electron chi connectivity index (χ1n) is 7.10. The summed E-state index contributed by atoms with van der Waals surface area (Å²) >= 11 is 0. The molecule has 0 aromatic heterocycles. The number of β-amino-alcohol motifs (C(OH)–C–C–N with tert-alkyl or cyclic N) is 1. The van der Waals surface area contributed by atoms with Crippen LogP contribution in [0.5, 0.6) is 5.75 Å². The van der Waals surface area contributed by atoms with Gasteiger partial charge in [-0.1, -0.05) is 0 Å². The van der Waals surface area contributed by atoms with Crippen LogP contribution < -0.4 is 10.1 Å². The molecule has 2 rings (SSSR count). The average molecular weight is 278 g/mol. The van der Waals surface area contributed by atoms with Gasteiger partial charge >= 0.3 is 0 Å². The lowest BCUT2D eigenvalue weighted by atomic mass is 10.1. The van der Waals surface area contributed by atoms with E-state index in [2.05, 4.69) is 5.32 Å². The van der Waals surface area contributed by atoms with Crippen molar-refractivity contribution < 1.29 is 14.6 Å². The Labute approximate surface area is 119 Å². The lowest BCUT2D eigenvalue weighted by molar-refractivity contribution is -0.118. The predicted octanol–water partition coefficient (Wildman–Crippen LogP) is 1.48. The fourth-order valence-corrected chi connectivity index (χ4v) is 2.38. The molecular weight excluding hydrogens is 256 g/mol. The summed E-state index contributed by atoms with van der Waals surface area (Å²) in [5, 5.41) is 12.4. The molecule has 0 aliphatic carbocycles. The molecule has 1 heterocycles. The van der Waals surface area contributed by atoms with Gasteiger partial charge in [-0.3, -0.25) is 9.69 Å². The highest BCUT2D eigenvalue weighted by atomic mass is 16.5. The Bertz CT molecular complexity index is 433. The molecule has 5 heteroatoms. The SMILES string of the molecule is CCOc1ccc(NC(=O)CN2CCCC(O)C2)cc1. The Hall–Kier alpha value is -1.59. The minimum Gasteiger partial charge on any atom is -0.494 e. The van der Waals surface area contributed by atoms with Crippen LogP contribution in [0.3, 0.4) is 0 Å². The summed E-state index contributed by atoms with van der Waals surface area (Å²) in [7, 11) is 0. The van der Waals surface area contributed by atoms with Crippen molar-refractivity contribution in [2.75, 3.05) is 31.6 Å². The molecule has 1 fully saturated rings. The van der Waals surface area contributed by atoms with Gasteiger partial charge in [0.2, 0.25) is 5.91 Å². The van der Waals surface area contributed by atoms with Gasteiger partial charge in [-0.05, 0) is 50.6 Å². The molecule has 1 unspecified atom stereocenters. The van der Waals surface area contributed by atoms with Crippen molar-refractivity contribution in [3.63, 3.8) is 0 Å². The van der Waals surface area contributed by atoms with Crippen LogP contribution in [-0.4, -0.2) is 48.3 Å². The fourth-order valence-electron chi connectivity index (χ4n) is 2.38. The topological polar surface area (TPSA) is 61.8 Å². The molecule has 1 aromatic carbocycles. The largest absolute Gasteiger partial charge is 0.494 e. The monoisotopic (exact) mass is 278 g/mol. The standard InChI is InChI=1S/C15H22N2O3/c1-2-20-14-7-5-12(6-8-14)16-15(19)11-17-9-3-4-13(18)10-17/h5-8,13,18H,2-4,9-11H2,1H3,(H,16,19). The molecule has 1 amide bonds. The molecule has 1 atom stereocenters. The van der Waals surface area contributed by atoms with E-state index in [1.807, 2.05) is 36.1 Å². The van der Waals surface area contributed by atoms with Crippen LogP contribution in [0, 0.1) is 0 Å². The van der Waals surface area contributed by atoms with Crippen molar-refractivity contribution in [3.05, 3.63) is 24.3 Å². The van der Waals surface area contributed by atoms with E-state index in [0.29, 0.717) is 19.7 Å². The van der Waals surface area contributed by atoms with Crippen molar-refractivity contribution >= 4 is 11.6 Å². The number of hydrogen-bond acceptors (Lipinski definition) is 4. The van der Waals surface area contributed by atoms with Gasteiger partial charge in [-0.15, -0.1) is 0 Å². The Balaban J connectivity index is 1.81. The Kier molecular flexibility index (Phi) is 5.38. The number of likely N-dealkylation sites (tertiary alicyclic amines) is 1. The number of aliphatic hydroxyl groups is 1. The van der Waals surface area contributed by atoms with E-state index < -0.39 is 0 Å². The van der Waals surface area contributed by atoms with Crippen LogP contribution in [0.4, 0.5) is 5.69 Å². The molecule has 0 bridgehead atoms. The van der Waals surface area contributed by atoms with Gasteiger partial charge < -0.3 is 15.2 Å². The van der Waals surface area contributed by atoms with Crippen molar-refractivity contribution in [1.29, 1.82) is 0 Å². The van der Waals surface area contributed by atoms with Crippen molar-refractivity contribution in [2.45, 2.75) is 25.9 Å². The van der Waals surface area contributed by atoms with E-state index in [9.17, 15) is 9.90 Å². The van der Waals surface area contributed by atoms with Crippen molar-refractivity contribution in [3.8, 4) is 5.75 Å². The Morgan fingerprint density at radius 1 is 1.45 bits per heavy atom. The van der Waals surface area contributed by atoms with Crippen LogP contribution in [0.2, 0.25) is 0 Å². The fraction of sp³-hybridized carbons (Fsp3) is 0.533. The number of anilines is 1. The van der Waals surface area contributed by atoms with Gasteiger partial charge in [-0.2, -0.15) is 0 Å². The Morgan fingerprint density at radius 2 is 2.20 bits per heavy atom. The van der Waals surface area contributed by atoms with Crippen molar-refractivity contribution in [1.82, 2.24) is 4.90 Å². The van der Waals surface area contributed by atoms with Crippen molar-refractivity contribution in [2.24, 2.45) is 0 Å². The number of hydrogen-bond donors (Lipinski definition) is 2. The van der Waals surface area contributed by atoms with Crippen LogP contribution in [0.1, 0.15) is 19.8 Å². The summed E-state index contributed by atoms with van der Waals surface area (Å²) in [6.07, 6.45) is 1.47. The Morgan fingerprint density at radius 3 is 2.85 bits per heavy atom. The zero-order chi connectivity index (χ0) is 14.4. The normalized spacial score (nSPS) is 19.6. The highest BCUT2D eigenvalue weighted by Crippen LogP contribution is 2.16. The summed E-state index contributed by atoms with van der Waals surface area (Å²) in [6, 6.07) is 7.33. The molecule has 1 aliphatic rings. The molecule has 20 heavy (non-hydrogen) atoms. The summed E-state index contributed by atoms with van der Waals surface area (Å²) in [5.41, 5.74) is 0.760. The van der Waals surface area contributed by atoms with Gasteiger partial charge in [0.25, 0.3) is 0 Å². The maximum Gasteiger partial charge on any atom is 0.238 e. The zero-order valence-corrected chi connectivity index (χ0v) is 11.8. The highest BCUT2D eigenvalue weighted by molar-refractivity contribution is 5.92. The van der Waals surface area contributed by atoms with Gasteiger partial charge in [-0.25, -0.2) is 0 Å². The smallest absolute Gasteiger partial charge is 0.238 e. The van der Waals surface area contributed by atoms with Gasteiger partial charge in [0.1, 0.15) is 5.75 Å². The van der Waals surface area contributed by atoms with Gasteiger partial charge in [0.05, 0.1) is 19.3 Å². The molecule has 0 radical (unpaired) electrons. The molecule has 1 saturated heterocycles. The number of amides is 1. The quantitative estimate of drug-likeness (QED) is 0.856. The maximum absolute atomic E-state index is 11.9. The van der Waals surface area contributed by atoms with Gasteiger partial charge in [0.15, 0.2) is 0 Å². The highest BCUT2D eigenvalue weighted by Gasteiger charge is 2.19. The molecule has 0 spiro atoms. The second-order valence-corrected chi connectivity index (χ2v) is 5.04. The lowest BCUT2D eigenvalue weighted by Gasteiger charge is -2.29. The van der Waals surface area contributed by atoms with Crippen LogP contribution in [-0.2, 0) is 4.79 Å². The lowest BCUT2D eigenvalue weighted by Crippen LogP contribution is -2.42. The van der Waals surface area contributed by atoms with Crippen LogP contribution >= 0.6 is 0 Å². The summed E-state index contributed by atoms with van der Waals surface area (Å²) in [4.78, 5) is 13.9. The third-order valence-electron chi connectivity index (χ3n) is 3.30. The van der Waals surface area contributed by atoms with Crippen LogP contribution in [0.15, 0.2) is 24.3 Å². The first-order chi connectivity index (χ1) is 9.67. The molecule has 110 valence electrons. The number of aliphatic hydroxyl groups excluding tert-OH is 1. The number of nitrogens with zero attached hydrogens (tertiary/aromatic N) is 1. The number of piperidine rings is 1. The third-order valence-corrected chi connectivity index (χ3v) is 3.30. The number of benzene rings is 1. The molecule has 1 aromatic rings. The second kappa shape index (κ2) is 7.26. The van der Waals surface area contributed by atoms with Gasteiger partial charge in [0, 0.05) is 12.2 Å². The summed E-state index contributed by atoms with van der Waals surface area (Å²) in [5.74, 6) is 0.743. The number of nitrogens with one attached hydrogen (secondary N) is 1. The molecule has 0 saturated carbocycles. The number of carbonyl (C=O) groups is 1. The van der Waals surface area contributed by atoms with E-state index in [1.165, 1.54) is 0 Å². The van der Waals surface area contributed by atoms with E-state index in [-0.39, 0.29) is 12.0 Å². The zero-order valence-electron chi connectivity index (χ0n) is 11.8. The second-order valence-electron chi connectivity index (χ2n) is 5.04. The summed E-state index contributed by atoms with van der Waals surface area (Å²) in [6.45, 7) is 4.33. The van der Waals surface area contributed by atoms with E-state index in [0.717, 1.165) is 30.8 Å². The predicted molar refractivity (Wildman–Crippen MR) is 77.9 cm³/mol. The first-order valence-corrected chi connectivity index (χ1v) is 7.10. The van der Waals surface area contributed by atoms with E-state index in [4.69, 9.17) is 4.74 Å². The molecule has 2 N–H and O–H groups in total. The van der Waals surface area contributed by atoms with E-state index >= 15 is 0 Å². The molecule has 5 nitrogen and oxygen atoms in total. The minimum absolute atomic E-state index is 0.0525. The van der Waals surface area contributed by atoms with E-state index in [1.54, 1.807) is 0 Å². The third kappa shape index (κ3) is 4.51. The maximum atomic E-state index is 11.9. The average Bonchev–Trinajstić information content (AvgIpc) is 2.41. The number of carbonyl (C=O) groups excluding carboxylic acids is 1. The number of rotatable bonds is 5. The first kappa shape index (κ1) is 14.8. The van der Waals surface area contributed by atoms with Crippen LogP contribution in [0.25, 0.3) is 0 Å². The molecule has 1 aliphatic heterocycles. The number of ether oxygens (including phenoxy) is 1. The summed E-state index contributed by atoms with van der Waals surface area (Å²) < 4.78 is 5.35. The minimum atomic E-state index is -0.304.